The highest BCUT2D eigenvalue weighted by molar-refractivity contribution is 5.93. The summed E-state index contributed by atoms with van der Waals surface area (Å²) in [4.78, 5) is 0. The van der Waals surface area contributed by atoms with Gasteiger partial charge in [0.2, 0.25) is 0 Å². The fourth-order valence-corrected chi connectivity index (χ4v) is 1.94. The summed E-state index contributed by atoms with van der Waals surface area (Å²) in [6, 6.07) is 13.6. The fraction of sp³-hybridized carbons (Fsp3) is 0. The zero-order chi connectivity index (χ0) is 12.5. The van der Waals surface area contributed by atoms with Crippen LogP contribution in [0.25, 0.3) is 22.2 Å². The fourth-order valence-electron chi connectivity index (χ4n) is 1.94. The third-order valence-corrected chi connectivity index (χ3v) is 2.79. The Balaban J connectivity index is 2.22. The number of nitrogens with zero attached hydrogens (tertiary/aromatic N) is 2. The van der Waals surface area contributed by atoms with E-state index >= 15 is 0 Å². The third kappa shape index (κ3) is 1.62. The van der Waals surface area contributed by atoms with Crippen LogP contribution in [0.1, 0.15) is 5.56 Å². The van der Waals surface area contributed by atoms with Gasteiger partial charge in [0.15, 0.2) is 0 Å². The van der Waals surface area contributed by atoms with Crippen LogP contribution < -0.4 is 0 Å². The molecule has 3 rings (SSSR count). The largest absolute Gasteiger partial charge is 0.277 e. The Labute approximate surface area is 102 Å². The van der Waals surface area contributed by atoms with E-state index < -0.39 is 0 Å². The normalized spacial score (nSPS) is 10.4. The van der Waals surface area contributed by atoms with Crippen LogP contribution in [-0.4, -0.2) is 10.2 Å². The highest BCUT2D eigenvalue weighted by atomic mass is 19.1. The van der Waals surface area contributed by atoms with Crippen molar-refractivity contribution < 1.29 is 4.39 Å². The van der Waals surface area contributed by atoms with E-state index in [1.54, 1.807) is 24.3 Å². The number of aromatic amines is 1. The molecule has 0 atom stereocenters. The Bertz CT molecular complexity index is 768. The van der Waals surface area contributed by atoms with Crippen LogP contribution in [0.15, 0.2) is 42.5 Å². The van der Waals surface area contributed by atoms with E-state index in [1.807, 2.05) is 6.07 Å². The molecule has 0 aliphatic heterocycles. The molecule has 0 spiro atoms. The van der Waals surface area contributed by atoms with E-state index in [1.165, 1.54) is 12.1 Å². The van der Waals surface area contributed by atoms with Crippen molar-refractivity contribution in [1.82, 2.24) is 10.2 Å². The molecule has 1 aromatic heterocycles. The molecule has 18 heavy (non-hydrogen) atoms. The first-order chi connectivity index (χ1) is 8.78. The molecule has 4 heteroatoms. The van der Waals surface area contributed by atoms with Gasteiger partial charge in [0, 0.05) is 10.9 Å². The maximum Gasteiger partial charge on any atom is 0.123 e. The Morgan fingerprint density at radius 2 is 2.06 bits per heavy atom. The second-order valence-corrected chi connectivity index (χ2v) is 3.95. The summed E-state index contributed by atoms with van der Waals surface area (Å²) in [5, 5.41) is 16.7. The molecular formula is C14H8FN3. The molecule has 3 aromatic rings. The van der Waals surface area contributed by atoms with Gasteiger partial charge in [0.25, 0.3) is 0 Å². The lowest BCUT2D eigenvalue weighted by atomic mass is 10.1. The molecule has 0 bridgehead atoms. The van der Waals surface area contributed by atoms with Crippen LogP contribution in [0.3, 0.4) is 0 Å². The maximum atomic E-state index is 13.2. The number of H-pyrrole nitrogens is 1. The second kappa shape index (κ2) is 3.97. The number of hydrogen-bond acceptors (Lipinski definition) is 2. The van der Waals surface area contributed by atoms with Gasteiger partial charge in [-0.1, -0.05) is 12.1 Å². The predicted octanol–water partition coefficient (Wildman–Crippen LogP) is 3.24. The minimum Gasteiger partial charge on any atom is -0.277 e. The summed E-state index contributed by atoms with van der Waals surface area (Å²) in [6.07, 6.45) is 0. The van der Waals surface area contributed by atoms with Gasteiger partial charge in [-0.15, -0.1) is 0 Å². The van der Waals surface area contributed by atoms with Gasteiger partial charge in [0.05, 0.1) is 22.8 Å². The molecule has 0 radical (unpaired) electrons. The number of hydrogen-bond donors (Lipinski definition) is 1. The second-order valence-electron chi connectivity index (χ2n) is 3.95. The molecule has 86 valence electrons. The van der Waals surface area contributed by atoms with Crippen LogP contribution in [-0.2, 0) is 0 Å². The van der Waals surface area contributed by atoms with Gasteiger partial charge in [-0.2, -0.15) is 10.4 Å². The molecule has 0 saturated carbocycles. The first kappa shape index (κ1) is 10.5. The summed E-state index contributed by atoms with van der Waals surface area (Å²) < 4.78 is 13.2. The number of nitrogens with one attached hydrogen (secondary N) is 1. The Morgan fingerprint density at radius 1 is 1.17 bits per heavy atom. The van der Waals surface area contributed by atoms with Gasteiger partial charge >= 0.3 is 0 Å². The lowest BCUT2D eigenvalue weighted by molar-refractivity contribution is 0.628. The first-order valence-electron chi connectivity index (χ1n) is 5.42. The Morgan fingerprint density at radius 3 is 2.83 bits per heavy atom. The Kier molecular flexibility index (Phi) is 2.31. The first-order valence-corrected chi connectivity index (χ1v) is 5.42. The highest BCUT2D eigenvalue weighted by Gasteiger charge is 2.09. The van der Waals surface area contributed by atoms with E-state index in [0.29, 0.717) is 16.8 Å². The molecular weight excluding hydrogens is 229 g/mol. The molecule has 1 heterocycles. The van der Waals surface area contributed by atoms with Crippen LogP contribution in [0, 0.1) is 17.1 Å². The lowest BCUT2D eigenvalue weighted by Crippen LogP contribution is -1.81. The van der Waals surface area contributed by atoms with Gasteiger partial charge in [-0.25, -0.2) is 4.39 Å². The standard InChI is InChI=1S/C14H8FN3/c15-11-3-1-2-10(7-11)14-12-5-4-9(8-16)6-13(12)17-18-14/h1-7H,(H,17,18). The zero-order valence-electron chi connectivity index (χ0n) is 9.31. The summed E-state index contributed by atoms with van der Waals surface area (Å²) in [7, 11) is 0. The smallest absolute Gasteiger partial charge is 0.123 e. The average molecular weight is 237 g/mol. The van der Waals surface area contributed by atoms with E-state index in [9.17, 15) is 4.39 Å². The van der Waals surface area contributed by atoms with Gasteiger partial charge in [0.1, 0.15) is 5.82 Å². The molecule has 1 N–H and O–H groups in total. The average Bonchev–Trinajstić information content (AvgIpc) is 2.81. The van der Waals surface area contributed by atoms with E-state index in [2.05, 4.69) is 16.3 Å². The summed E-state index contributed by atoms with van der Waals surface area (Å²) >= 11 is 0. The summed E-state index contributed by atoms with van der Waals surface area (Å²) in [6.45, 7) is 0. The molecule has 0 amide bonds. The number of rotatable bonds is 1. The van der Waals surface area contributed by atoms with Crippen molar-refractivity contribution in [2.75, 3.05) is 0 Å². The quantitative estimate of drug-likeness (QED) is 0.706. The van der Waals surface area contributed by atoms with E-state index in [-0.39, 0.29) is 5.82 Å². The summed E-state index contributed by atoms with van der Waals surface area (Å²) in [5.41, 5.74) is 2.74. The number of benzene rings is 2. The van der Waals surface area contributed by atoms with Crippen molar-refractivity contribution in [2.24, 2.45) is 0 Å². The monoisotopic (exact) mass is 237 g/mol. The molecule has 0 aliphatic carbocycles. The molecule has 0 unspecified atom stereocenters. The highest BCUT2D eigenvalue weighted by Crippen LogP contribution is 2.27. The zero-order valence-corrected chi connectivity index (χ0v) is 9.31. The summed E-state index contributed by atoms with van der Waals surface area (Å²) in [5.74, 6) is -0.294. The molecule has 0 fully saturated rings. The van der Waals surface area contributed by atoms with Crippen molar-refractivity contribution in [1.29, 1.82) is 5.26 Å². The number of halogens is 1. The van der Waals surface area contributed by atoms with Crippen molar-refractivity contribution in [3.63, 3.8) is 0 Å². The minimum absolute atomic E-state index is 0.294. The van der Waals surface area contributed by atoms with Gasteiger partial charge in [-0.3, -0.25) is 5.10 Å². The third-order valence-electron chi connectivity index (χ3n) is 2.79. The van der Waals surface area contributed by atoms with Crippen molar-refractivity contribution in [3.05, 3.63) is 53.8 Å². The van der Waals surface area contributed by atoms with Crippen LogP contribution in [0.4, 0.5) is 4.39 Å². The minimum atomic E-state index is -0.294. The van der Waals surface area contributed by atoms with Gasteiger partial charge in [-0.05, 0) is 30.3 Å². The molecule has 0 saturated heterocycles. The van der Waals surface area contributed by atoms with Crippen molar-refractivity contribution in [3.8, 4) is 17.3 Å². The molecule has 3 nitrogen and oxygen atoms in total. The Hall–Kier alpha value is -2.67. The van der Waals surface area contributed by atoms with E-state index in [4.69, 9.17) is 5.26 Å². The van der Waals surface area contributed by atoms with Crippen LogP contribution in [0.2, 0.25) is 0 Å². The topological polar surface area (TPSA) is 52.5 Å². The van der Waals surface area contributed by atoms with Gasteiger partial charge < -0.3 is 0 Å². The SMILES string of the molecule is N#Cc1ccc2c(-c3cccc(F)c3)n[nH]c2c1. The van der Waals surface area contributed by atoms with Crippen molar-refractivity contribution in [2.45, 2.75) is 0 Å². The van der Waals surface area contributed by atoms with Crippen LogP contribution in [0.5, 0.6) is 0 Å². The lowest BCUT2D eigenvalue weighted by Gasteiger charge is -1.98. The number of aromatic nitrogens is 2. The van der Waals surface area contributed by atoms with Crippen molar-refractivity contribution >= 4 is 10.9 Å². The van der Waals surface area contributed by atoms with E-state index in [0.717, 1.165) is 10.9 Å². The number of nitriles is 1. The molecule has 0 aliphatic rings. The molecule has 2 aromatic carbocycles. The van der Waals surface area contributed by atoms with Crippen LogP contribution >= 0.6 is 0 Å². The number of fused-ring (bicyclic) bond motifs is 1. The predicted molar refractivity (Wildman–Crippen MR) is 66.2 cm³/mol. The maximum absolute atomic E-state index is 13.2.